The van der Waals surface area contributed by atoms with E-state index in [9.17, 15) is 14.4 Å². The lowest BCUT2D eigenvalue weighted by atomic mass is 10.0. The van der Waals surface area contributed by atoms with Gasteiger partial charge in [-0.1, -0.05) is 62.4 Å². The Bertz CT molecular complexity index is 2060. The van der Waals surface area contributed by atoms with E-state index in [1.807, 2.05) is 23.2 Å². The van der Waals surface area contributed by atoms with Gasteiger partial charge in [0.15, 0.2) is 0 Å². The lowest BCUT2D eigenvalue weighted by Crippen LogP contribution is -2.46. The highest BCUT2D eigenvalue weighted by Gasteiger charge is 2.37. The van der Waals surface area contributed by atoms with Crippen molar-refractivity contribution in [2.75, 3.05) is 25.5 Å². The van der Waals surface area contributed by atoms with Crippen LogP contribution >= 0.6 is 0 Å². The number of rotatable bonds is 11. The summed E-state index contributed by atoms with van der Waals surface area (Å²) in [6, 6.07) is 19.1. The molecule has 0 spiro atoms. The van der Waals surface area contributed by atoms with Crippen LogP contribution in [0.15, 0.2) is 85.5 Å². The molecule has 5 heterocycles. The Morgan fingerprint density at radius 3 is 1.74 bits per heavy atom. The minimum Gasteiger partial charge on any atom is -0.453 e. The number of benzene rings is 2. The quantitative estimate of drug-likeness (QED) is 0.116. The van der Waals surface area contributed by atoms with Crippen molar-refractivity contribution in [2.45, 2.75) is 70.6 Å². The molecule has 5 aromatic rings. The highest BCUT2D eigenvalue weighted by molar-refractivity contribution is 5.86. The summed E-state index contributed by atoms with van der Waals surface area (Å²) in [7, 11) is 1.28. The number of ether oxygens (including phenoxy) is 1. The van der Waals surface area contributed by atoms with Crippen LogP contribution in [0.25, 0.3) is 33.6 Å². The number of methoxy groups -OCH3 is 1. The molecule has 280 valence electrons. The minimum absolute atomic E-state index is 0.0751. The van der Waals surface area contributed by atoms with Crippen LogP contribution in [0.5, 0.6) is 0 Å². The van der Waals surface area contributed by atoms with Crippen LogP contribution in [-0.2, 0) is 14.3 Å². The van der Waals surface area contributed by atoms with E-state index < -0.39 is 12.1 Å². The number of alkyl carbamates (subject to hydrolysis) is 1. The van der Waals surface area contributed by atoms with Gasteiger partial charge in [0.25, 0.3) is 0 Å². The third-order valence-electron chi connectivity index (χ3n) is 10.4. The predicted molar refractivity (Wildman–Crippen MR) is 206 cm³/mol. The maximum atomic E-state index is 13.8. The van der Waals surface area contributed by atoms with Crippen LogP contribution in [0.1, 0.15) is 70.2 Å². The summed E-state index contributed by atoms with van der Waals surface area (Å²) in [6.45, 7) is 7.08. The summed E-state index contributed by atoms with van der Waals surface area (Å²) in [4.78, 5) is 62.8. The third-order valence-corrected chi connectivity index (χ3v) is 10.4. The number of pyridine rings is 1. The number of hydrogen-bond donors (Lipinski definition) is 4. The van der Waals surface area contributed by atoms with Crippen LogP contribution in [0, 0.1) is 5.92 Å². The number of hydrogen-bond acceptors (Lipinski definition) is 8. The van der Waals surface area contributed by atoms with Crippen LogP contribution in [-0.4, -0.2) is 84.9 Å². The summed E-state index contributed by atoms with van der Waals surface area (Å²) < 4.78 is 4.65. The van der Waals surface area contributed by atoms with Crippen molar-refractivity contribution in [2.24, 2.45) is 5.92 Å². The van der Waals surface area contributed by atoms with Crippen molar-refractivity contribution in [3.05, 3.63) is 97.1 Å². The average molecular weight is 730 g/mol. The normalized spacial score (nSPS) is 18.1. The van der Waals surface area contributed by atoms with E-state index in [0.717, 1.165) is 76.7 Å². The number of anilines is 1. The van der Waals surface area contributed by atoms with Crippen LogP contribution in [0.4, 0.5) is 10.5 Å². The minimum atomic E-state index is -0.698. The summed E-state index contributed by atoms with van der Waals surface area (Å²) in [6.07, 6.45) is 9.93. The molecule has 3 amide bonds. The Kier molecular flexibility index (Phi) is 10.7. The molecule has 3 aromatic heterocycles. The molecule has 2 aliphatic heterocycles. The second-order valence-electron chi connectivity index (χ2n) is 14.4. The van der Waals surface area contributed by atoms with E-state index in [1.165, 1.54) is 7.11 Å². The monoisotopic (exact) mass is 729 g/mol. The molecule has 0 saturated carbocycles. The number of imidazole rings is 2. The zero-order valence-electron chi connectivity index (χ0n) is 31.1. The van der Waals surface area contributed by atoms with Crippen molar-refractivity contribution >= 4 is 23.6 Å². The summed E-state index contributed by atoms with van der Waals surface area (Å²) >= 11 is 0. The first-order chi connectivity index (χ1) is 26.2. The summed E-state index contributed by atoms with van der Waals surface area (Å²) in [5, 5.41) is 5.96. The number of H-pyrrole nitrogens is 2. The van der Waals surface area contributed by atoms with Gasteiger partial charge in [-0.05, 0) is 72.9 Å². The third kappa shape index (κ3) is 7.71. The molecular formula is C41H47N9O4. The smallest absolute Gasteiger partial charge is 0.407 e. The zero-order valence-corrected chi connectivity index (χ0v) is 31.1. The first-order valence-corrected chi connectivity index (χ1v) is 18.6. The molecule has 0 unspecified atom stereocenters. The molecule has 13 nitrogen and oxygen atoms in total. The Hall–Kier alpha value is -5.98. The topological polar surface area (TPSA) is 161 Å². The first kappa shape index (κ1) is 36.4. The highest BCUT2D eigenvalue weighted by atomic mass is 16.5. The van der Waals surface area contributed by atoms with Gasteiger partial charge in [0.05, 0.1) is 48.7 Å². The van der Waals surface area contributed by atoms with Gasteiger partial charge in [-0.25, -0.2) is 14.8 Å². The van der Waals surface area contributed by atoms with Crippen molar-refractivity contribution in [1.29, 1.82) is 0 Å². The van der Waals surface area contributed by atoms with Gasteiger partial charge in [0.2, 0.25) is 11.8 Å². The summed E-state index contributed by atoms with van der Waals surface area (Å²) in [5.41, 5.74) is 6.78. The molecule has 2 saturated heterocycles. The van der Waals surface area contributed by atoms with Crippen molar-refractivity contribution in [3.8, 4) is 33.6 Å². The lowest BCUT2D eigenvalue weighted by molar-refractivity contribution is -0.134. The zero-order chi connectivity index (χ0) is 37.8. The van der Waals surface area contributed by atoms with Crippen LogP contribution in [0.2, 0.25) is 0 Å². The molecule has 0 aliphatic carbocycles. The lowest BCUT2D eigenvalue weighted by Gasteiger charge is -2.30. The van der Waals surface area contributed by atoms with E-state index in [4.69, 9.17) is 4.98 Å². The van der Waals surface area contributed by atoms with Gasteiger partial charge in [-0.2, -0.15) is 0 Å². The van der Waals surface area contributed by atoms with E-state index in [1.54, 1.807) is 30.4 Å². The number of likely N-dealkylation sites (tertiary alicyclic amines) is 2. The molecule has 2 fully saturated rings. The largest absolute Gasteiger partial charge is 0.453 e. The molecule has 2 aromatic carbocycles. The average Bonchev–Trinajstić information content (AvgIpc) is 4.03. The molecule has 2 aliphatic rings. The predicted octanol–water partition coefficient (Wildman–Crippen LogP) is 6.74. The molecule has 0 bridgehead atoms. The number of nitrogens with one attached hydrogen (secondary N) is 4. The van der Waals surface area contributed by atoms with E-state index in [0.29, 0.717) is 13.1 Å². The molecule has 13 heteroatoms. The number of aromatic nitrogens is 5. The van der Waals surface area contributed by atoms with Crippen molar-refractivity contribution in [3.63, 3.8) is 0 Å². The maximum Gasteiger partial charge on any atom is 0.407 e. The van der Waals surface area contributed by atoms with Gasteiger partial charge >= 0.3 is 6.09 Å². The Morgan fingerprint density at radius 1 is 0.741 bits per heavy atom. The van der Waals surface area contributed by atoms with Gasteiger partial charge in [0, 0.05) is 25.5 Å². The van der Waals surface area contributed by atoms with E-state index >= 15 is 0 Å². The Morgan fingerprint density at radius 2 is 1.26 bits per heavy atom. The first-order valence-electron chi connectivity index (χ1n) is 18.6. The van der Waals surface area contributed by atoms with Crippen molar-refractivity contribution < 1.29 is 19.1 Å². The second-order valence-corrected chi connectivity index (χ2v) is 14.4. The van der Waals surface area contributed by atoms with E-state index in [-0.39, 0.29) is 35.9 Å². The molecule has 7 rings (SSSR count). The van der Waals surface area contributed by atoms with E-state index in [2.05, 4.69) is 97.7 Å². The van der Waals surface area contributed by atoms with Gasteiger partial charge in [0.1, 0.15) is 23.7 Å². The number of carbonyl (C=O) groups is 3. The summed E-state index contributed by atoms with van der Waals surface area (Å²) in [5.74, 6) is 1.54. The number of amides is 3. The number of nitrogens with zero attached hydrogens (tertiary/aromatic N) is 5. The molecule has 0 radical (unpaired) electrons. The fourth-order valence-corrected chi connectivity index (χ4v) is 7.49. The van der Waals surface area contributed by atoms with Gasteiger partial charge in [-0.3, -0.25) is 14.6 Å². The van der Waals surface area contributed by atoms with Crippen LogP contribution in [0.3, 0.4) is 0 Å². The van der Waals surface area contributed by atoms with Gasteiger partial charge in [-0.15, -0.1) is 0 Å². The molecule has 54 heavy (non-hydrogen) atoms. The SMILES string of the molecule is COC(=O)N[C@@H](C)C(=O)N1CCC[C@H]1c1ncc(-c2ccc(-c3ccc(-c4cnc([C@@H]5CCCN5C(=O)[C@@H](Nc5cccnc5)C(C)C)[nH]4)cc3)cc2)[nH]1. The van der Waals surface area contributed by atoms with Crippen LogP contribution < -0.4 is 10.6 Å². The maximum absolute atomic E-state index is 13.8. The Balaban J connectivity index is 0.993. The Labute approximate surface area is 315 Å². The molecule has 4 atom stereocenters. The molecule has 4 N–H and O–H groups in total. The second kappa shape index (κ2) is 15.9. The fourth-order valence-electron chi connectivity index (χ4n) is 7.49. The van der Waals surface area contributed by atoms with Gasteiger partial charge < -0.3 is 35.1 Å². The number of aromatic amines is 2. The fraction of sp³-hybridized carbons (Fsp3) is 0.366. The van der Waals surface area contributed by atoms with Crippen molar-refractivity contribution in [1.82, 2.24) is 40.0 Å². The molecular weight excluding hydrogens is 683 g/mol. The standard InChI is InChI=1S/C41H47N9O4/c1-25(2)36(46-31-8-5-19-42-22-31)40(52)50-21-7-10-35(50)38-44-24-33(48-38)30-17-13-28(14-18-30)27-11-15-29(16-12-27)32-23-43-37(47-32)34-9-6-20-49(34)39(51)26(3)45-41(53)54-4/h5,8,11-19,22-26,34-36,46H,6-7,9-10,20-21H2,1-4H3,(H,43,47)(H,44,48)(H,45,53)/t26-,34-,35-,36-/m0/s1. The number of carbonyl (C=O) groups excluding carboxylic acids is 3. The highest BCUT2D eigenvalue weighted by Crippen LogP contribution is 2.35.